The Hall–Kier alpha value is -2.83. The van der Waals surface area contributed by atoms with Crippen LogP contribution in [0.15, 0.2) is 24.4 Å². The van der Waals surface area contributed by atoms with Crippen molar-refractivity contribution in [2.75, 3.05) is 18.6 Å². The first-order chi connectivity index (χ1) is 9.02. The van der Waals surface area contributed by atoms with Crippen LogP contribution in [0, 0.1) is 0 Å². The quantitative estimate of drug-likeness (QED) is 0.752. The fourth-order valence-corrected chi connectivity index (χ4v) is 1.56. The summed E-state index contributed by atoms with van der Waals surface area (Å²) in [6, 6.07) is 4.72. The Morgan fingerprint density at radius 1 is 1.37 bits per heavy atom. The van der Waals surface area contributed by atoms with Crippen LogP contribution in [0.25, 0.3) is 11.3 Å². The molecule has 0 aliphatic rings. The molecule has 2 aromatic rings. The molecule has 0 radical (unpaired) electrons. The van der Waals surface area contributed by atoms with Crippen LogP contribution >= 0.6 is 0 Å². The maximum atomic E-state index is 11.0. The molecule has 0 aromatic carbocycles. The first kappa shape index (κ1) is 12.6. The van der Waals surface area contributed by atoms with E-state index in [1.165, 1.54) is 19.4 Å². The largest absolute Gasteiger partial charge is 0.493 e. The van der Waals surface area contributed by atoms with Crippen LogP contribution in [-0.4, -0.2) is 28.2 Å². The van der Waals surface area contributed by atoms with Crippen LogP contribution in [0.3, 0.4) is 0 Å². The van der Waals surface area contributed by atoms with Gasteiger partial charge in [-0.15, -0.1) is 0 Å². The minimum atomic E-state index is -1.19. The number of pyridine rings is 2. The lowest BCUT2D eigenvalue weighted by atomic mass is 10.1. The van der Waals surface area contributed by atoms with E-state index >= 15 is 0 Å². The summed E-state index contributed by atoms with van der Waals surface area (Å²) < 4.78 is 5.05. The van der Waals surface area contributed by atoms with Crippen molar-refractivity contribution in [1.82, 2.24) is 9.97 Å². The summed E-state index contributed by atoms with van der Waals surface area (Å²) in [5.41, 5.74) is 12.1. The molecule has 0 atom stereocenters. The van der Waals surface area contributed by atoms with Gasteiger partial charge in [0.1, 0.15) is 0 Å². The molecule has 98 valence electrons. The molecule has 0 unspecified atom stereocenters. The molecule has 19 heavy (non-hydrogen) atoms. The Morgan fingerprint density at radius 3 is 2.74 bits per heavy atom. The summed E-state index contributed by atoms with van der Waals surface area (Å²) >= 11 is 0. The molecule has 0 saturated heterocycles. The maximum absolute atomic E-state index is 11.0. The van der Waals surface area contributed by atoms with Crippen LogP contribution in [-0.2, 0) is 0 Å². The SMILES string of the molecule is COc1cc(-c2ccc(N)c(C(=O)O)n2)cnc1N. The summed E-state index contributed by atoms with van der Waals surface area (Å²) in [6.07, 6.45) is 1.49. The predicted molar refractivity (Wildman–Crippen MR) is 69.8 cm³/mol. The minimum Gasteiger partial charge on any atom is -0.493 e. The second-order valence-corrected chi connectivity index (χ2v) is 3.75. The summed E-state index contributed by atoms with van der Waals surface area (Å²) in [5.74, 6) is -0.539. The van der Waals surface area contributed by atoms with Crippen molar-refractivity contribution in [3.05, 3.63) is 30.1 Å². The minimum absolute atomic E-state index is 0.103. The standard InChI is InChI=1S/C12H12N4O3/c1-19-9-4-6(5-15-11(9)14)8-3-2-7(13)10(16-8)12(17)18/h2-5H,13H2,1H3,(H2,14,15)(H,17,18). The average Bonchev–Trinajstić information content (AvgIpc) is 2.39. The zero-order chi connectivity index (χ0) is 14.0. The number of rotatable bonds is 3. The van der Waals surface area contributed by atoms with Gasteiger partial charge in [-0.2, -0.15) is 0 Å². The molecule has 5 N–H and O–H groups in total. The van der Waals surface area contributed by atoms with E-state index in [1.54, 1.807) is 12.1 Å². The number of carbonyl (C=O) groups is 1. The third-order valence-electron chi connectivity index (χ3n) is 2.53. The zero-order valence-electron chi connectivity index (χ0n) is 10.1. The van der Waals surface area contributed by atoms with Crippen LogP contribution < -0.4 is 16.2 Å². The van der Waals surface area contributed by atoms with Gasteiger partial charge >= 0.3 is 5.97 Å². The fourth-order valence-electron chi connectivity index (χ4n) is 1.56. The number of nitrogen functional groups attached to an aromatic ring is 2. The Kier molecular flexibility index (Phi) is 3.19. The molecule has 2 heterocycles. The van der Waals surface area contributed by atoms with Crippen molar-refractivity contribution in [1.29, 1.82) is 0 Å². The Balaban J connectivity index is 2.53. The van der Waals surface area contributed by atoms with E-state index in [0.717, 1.165) is 0 Å². The van der Waals surface area contributed by atoms with Crippen LogP contribution in [0.4, 0.5) is 11.5 Å². The van der Waals surface area contributed by atoms with Gasteiger partial charge in [0, 0.05) is 11.8 Å². The molecule has 0 aliphatic heterocycles. The van der Waals surface area contributed by atoms with Crippen LogP contribution in [0.5, 0.6) is 5.75 Å². The van der Waals surface area contributed by atoms with Gasteiger partial charge in [-0.05, 0) is 18.2 Å². The summed E-state index contributed by atoms with van der Waals surface area (Å²) in [4.78, 5) is 18.9. The highest BCUT2D eigenvalue weighted by Crippen LogP contribution is 2.26. The number of carboxylic acid groups (broad SMARTS) is 1. The van der Waals surface area contributed by atoms with Gasteiger partial charge in [-0.1, -0.05) is 0 Å². The number of hydrogen-bond acceptors (Lipinski definition) is 6. The van der Waals surface area contributed by atoms with E-state index in [1.807, 2.05) is 0 Å². The zero-order valence-corrected chi connectivity index (χ0v) is 10.1. The Morgan fingerprint density at radius 2 is 2.11 bits per heavy atom. The van der Waals surface area contributed by atoms with Crippen molar-refractivity contribution in [3.8, 4) is 17.0 Å². The summed E-state index contributed by atoms with van der Waals surface area (Å²) in [7, 11) is 1.47. The number of anilines is 2. The van der Waals surface area contributed by atoms with Crippen LogP contribution in [0.1, 0.15) is 10.5 Å². The monoisotopic (exact) mass is 260 g/mol. The average molecular weight is 260 g/mol. The lowest BCUT2D eigenvalue weighted by Gasteiger charge is -2.07. The molecule has 7 nitrogen and oxygen atoms in total. The van der Waals surface area contributed by atoms with Gasteiger partial charge in [-0.25, -0.2) is 14.8 Å². The first-order valence-corrected chi connectivity index (χ1v) is 5.32. The lowest BCUT2D eigenvalue weighted by molar-refractivity contribution is 0.0692. The molecule has 2 rings (SSSR count). The van der Waals surface area contributed by atoms with Gasteiger partial charge in [0.2, 0.25) is 0 Å². The third-order valence-corrected chi connectivity index (χ3v) is 2.53. The van der Waals surface area contributed by atoms with Gasteiger partial charge in [0.25, 0.3) is 0 Å². The van der Waals surface area contributed by atoms with Crippen molar-refractivity contribution >= 4 is 17.5 Å². The second kappa shape index (κ2) is 4.81. The molecule has 7 heteroatoms. The predicted octanol–water partition coefficient (Wildman–Crippen LogP) is 1.01. The molecular formula is C12H12N4O3. The maximum Gasteiger partial charge on any atom is 0.356 e. The Labute approximate surface area is 108 Å². The van der Waals surface area contributed by atoms with Gasteiger partial charge in [0.05, 0.1) is 18.5 Å². The van der Waals surface area contributed by atoms with Crippen molar-refractivity contribution in [2.24, 2.45) is 0 Å². The second-order valence-electron chi connectivity index (χ2n) is 3.75. The summed E-state index contributed by atoms with van der Waals surface area (Å²) in [6.45, 7) is 0. The number of nitrogens with two attached hydrogens (primary N) is 2. The smallest absolute Gasteiger partial charge is 0.356 e. The lowest BCUT2D eigenvalue weighted by Crippen LogP contribution is -2.06. The number of nitrogens with zero attached hydrogens (tertiary/aromatic N) is 2. The third kappa shape index (κ3) is 2.39. The number of aromatic nitrogens is 2. The van der Waals surface area contributed by atoms with Crippen molar-refractivity contribution in [3.63, 3.8) is 0 Å². The van der Waals surface area contributed by atoms with E-state index in [4.69, 9.17) is 21.3 Å². The number of ether oxygens (including phenoxy) is 1. The highest BCUT2D eigenvalue weighted by atomic mass is 16.5. The molecule has 0 aliphatic carbocycles. The van der Waals surface area contributed by atoms with Crippen molar-refractivity contribution in [2.45, 2.75) is 0 Å². The van der Waals surface area contributed by atoms with Crippen LogP contribution in [0.2, 0.25) is 0 Å². The van der Waals surface area contributed by atoms with Gasteiger partial charge in [-0.3, -0.25) is 0 Å². The molecule has 0 spiro atoms. The molecule has 2 aromatic heterocycles. The molecule has 0 saturated carbocycles. The van der Waals surface area contributed by atoms with E-state index in [9.17, 15) is 4.79 Å². The van der Waals surface area contributed by atoms with E-state index in [-0.39, 0.29) is 17.2 Å². The van der Waals surface area contributed by atoms with E-state index < -0.39 is 5.97 Å². The first-order valence-electron chi connectivity index (χ1n) is 5.32. The number of carboxylic acids is 1. The normalized spacial score (nSPS) is 10.2. The highest BCUT2D eigenvalue weighted by Gasteiger charge is 2.13. The summed E-state index contributed by atoms with van der Waals surface area (Å²) in [5, 5.41) is 8.98. The number of methoxy groups -OCH3 is 1. The van der Waals surface area contributed by atoms with E-state index in [2.05, 4.69) is 9.97 Å². The Bertz CT molecular complexity index is 643. The number of aromatic carboxylic acids is 1. The van der Waals surface area contributed by atoms with Gasteiger partial charge in [0.15, 0.2) is 17.3 Å². The fraction of sp³-hybridized carbons (Fsp3) is 0.0833. The van der Waals surface area contributed by atoms with Crippen molar-refractivity contribution < 1.29 is 14.6 Å². The molecule has 0 bridgehead atoms. The van der Waals surface area contributed by atoms with Gasteiger partial charge < -0.3 is 21.3 Å². The number of hydrogen-bond donors (Lipinski definition) is 3. The topological polar surface area (TPSA) is 124 Å². The molecular weight excluding hydrogens is 248 g/mol. The molecule has 0 fully saturated rings. The van der Waals surface area contributed by atoms with E-state index in [0.29, 0.717) is 17.0 Å². The highest BCUT2D eigenvalue weighted by molar-refractivity contribution is 5.92. The molecule has 0 amide bonds.